The number of hydrogen-bond donors (Lipinski definition) is 1. The van der Waals surface area contributed by atoms with E-state index in [2.05, 4.69) is 4.98 Å². The lowest BCUT2D eigenvalue weighted by Crippen LogP contribution is -2.39. The average Bonchev–Trinajstić information content (AvgIpc) is 3.36. The lowest BCUT2D eigenvalue weighted by atomic mass is 10.0. The van der Waals surface area contributed by atoms with Crippen molar-refractivity contribution >= 4 is 28.8 Å². The fourth-order valence-corrected chi connectivity index (χ4v) is 4.44. The topological polar surface area (TPSA) is 62.7 Å². The predicted molar refractivity (Wildman–Crippen MR) is 111 cm³/mol. The molecular weight excluding hydrogens is 396 g/mol. The molecule has 1 aromatic carbocycles. The number of aliphatic hydroxyl groups excluding tert-OH is 1. The molecule has 5 nitrogen and oxygen atoms in total. The average molecular weight is 423 g/mol. The zero-order valence-corrected chi connectivity index (χ0v) is 17.9. The van der Waals surface area contributed by atoms with Crippen molar-refractivity contribution in [3.05, 3.63) is 44.9 Å². The van der Waals surface area contributed by atoms with Crippen LogP contribution in [0.4, 0.5) is 0 Å². The summed E-state index contributed by atoms with van der Waals surface area (Å²) in [5.74, 6) is 1.07. The number of thiazole rings is 1. The number of halogens is 1. The molecule has 1 aliphatic carbocycles. The van der Waals surface area contributed by atoms with Crippen molar-refractivity contribution in [3.63, 3.8) is 0 Å². The number of carbonyl (C=O) groups excluding carboxylic acids is 1. The van der Waals surface area contributed by atoms with Gasteiger partial charge in [0, 0.05) is 34.5 Å². The Balaban J connectivity index is 1.75. The highest BCUT2D eigenvalue weighted by Crippen LogP contribution is 2.30. The Bertz CT molecular complexity index is 803. The standard InChI is InChI=1S/C21H27ClN2O3S/c1-14(2)24(21(26)15-5-3-4-6-15)10-16-9-17(22)7-8-19(16)27-12-20-23-18(11-25)13-28-20/h7-9,13-15,25H,3-6,10-12H2,1-2H3. The number of ether oxygens (including phenoxy) is 1. The van der Waals surface area contributed by atoms with Gasteiger partial charge in [0.1, 0.15) is 17.4 Å². The van der Waals surface area contributed by atoms with Crippen LogP contribution in [0.15, 0.2) is 23.6 Å². The first-order chi connectivity index (χ1) is 13.5. The molecule has 1 fully saturated rings. The molecule has 0 radical (unpaired) electrons. The smallest absolute Gasteiger partial charge is 0.226 e. The molecule has 1 amide bonds. The molecule has 3 rings (SSSR count). The van der Waals surface area contributed by atoms with Gasteiger partial charge in [0.25, 0.3) is 0 Å². The third-order valence-electron chi connectivity index (χ3n) is 5.09. The monoisotopic (exact) mass is 422 g/mol. The lowest BCUT2D eigenvalue weighted by molar-refractivity contribution is -0.137. The maximum atomic E-state index is 13.0. The van der Waals surface area contributed by atoms with E-state index in [1.807, 2.05) is 36.3 Å². The summed E-state index contributed by atoms with van der Waals surface area (Å²) in [4.78, 5) is 19.3. The number of benzene rings is 1. The number of aromatic nitrogens is 1. The maximum absolute atomic E-state index is 13.0. The fraction of sp³-hybridized carbons (Fsp3) is 0.524. The van der Waals surface area contributed by atoms with Crippen molar-refractivity contribution in [1.82, 2.24) is 9.88 Å². The summed E-state index contributed by atoms with van der Waals surface area (Å²) in [6.45, 7) is 4.81. The van der Waals surface area contributed by atoms with Crippen molar-refractivity contribution in [1.29, 1.82) is 0 Å². The molecule has 7 heteroatoms. The second kappa shape index (κ2) is 9.72. The van der Waals surface area contributed by atoms with Gasteiger partial charge in [0.15, 0.2) is 0 Å². The molecule has 0 saturated heterocycles. The van der Waals surface area contributed by atoms with Crippen LogP contribution in [0.1, 0.15) is 55.8 Å². The van der Waals surface area contributed by atoms with Gasteiger partial charge < -0.3 is 14.7 Å². The van der Waals surface area contributed by atoms with Crippen LogP contribution in [-0.2, 0) is 24.6 Å². The van der Waals surface area contributed by atoms with E-state index in [4.69, 9.17) is 21.4 Å². The quantitative estimate of drug-likeness (QED) is 0.664. The highest BCUT2D eigenvalue weighted by atomic mass is 35.5. The normalized spacial score (nSPS) is 14.6. The van der Waals surface area contributed by atoms with Crippen LogP contribution in [-0.4, -0.2) is 26.9 Å². The Hall–Kier alpha value is -1.63. The molecular formula is C21H27ClN2O3S. The zero-order chi connectivity index (χ0) is 20.1. The summed E-state index contributed by atoms with van der Waals surface area (Å²) < 4.78 is 5.99. The first-order valence-electron chi connectivity index (χ1n) is 9.73. The largest absolute Gasteiger partial charge is 0.486 e. The first kappa shape index (κ1) is 21.1. The van der Waals surface area contributed by atoms with Crippen molar-refractivity contribution in [2.24, 2.45) is 5.92 Å². The third-order valence-corrected chi connectivity index (χ3v) is 6.19. The van der Waals surface area contributed by atoms with Crippen molar-refractivity contribution < 1.29 is 14.6 Å². The number of amides is 1. The molecule has 1 saturated carbocycles. The maximum Gasteiger partial charge on any atom is 0.226 e. The van der Waals surface area contributed by atoms with Crippen LogP contribution >= 0.6 is 22.9 Å². The van der Waals surface area contributed by atoms with E-state index in [9.17, 15) is 4.79 Å². The van der Waals surface area contributed by atoms with E-state index in [0.717, 1.165) is 36.3 Å². The van der Waals surface area contributed by atoms with Crippen LogP contribution in [0.3, 0.4) is 0 Å². The minimum absolute atomic E-state index is 0.0741. The van der Waals surface area contributed by atoms with Gasteiger partial charge in [-0.2, -0.15) is 0 Å². The summed E-state index contributed by atoms with van der Waals surface area (Å²) in [6, 6.07) is 5.61. The molecule has 28 heavy (non-hydrogen) atoms. The van der Waals surface area contributed by atoms with Crippen LogP contribution in [0, 0.1) is 5.92 Å². The summed E-state index contributed by atoms with van der Waals surface area (Å²) in [7, 11) is 0. The van der Waals surface area contributed by atoms with Gasteiger partial charge in [-0.05, 0) is 44.9 Å². The van der Waals surface area contributed by atoms with Gasteiger partial charge in [-0.25, -0.2) is 4.98 Å². The molecule has 1 aliphatic rings. The molecule has 0 atom stereocenters. The van der Waals surface area contributed by atoms with Crippen LogP contribution < -0.4 is 4.74 Å². The van der Waals surface area contributed by atoms with E-state index in [1.165, 1.54) is 11.3 Å². The van der Waals surface area contributed by atoms with Crippen molar-refractivity contribution in [2.45, 2.75) is 65.3 Å². The van der Waals surface area contributed by atoms with E-state index in [0.29, 0.717) is 29.6 Å². The van der Waals surface area contributed by atoms with Crippen LogP contribution in [0.2, 0.25) is 5.02 Å². The number of aliphatic hydroxyl groups is 1. The number of carbonyl (C=O) groups is 1. The van der Waals surface area contributed by atoms with Gasteiger partial charge in [0.05, 0.1) is 12.3 Å². The van der Waals surface area contributed by atoms with Gasteiger partial charge in [-0.1, -0.05) is 24.4 Å². The SMILES string of the molecule is CC(C)N(Cc1cc(Cl)ccc1OCc1nc(CO)cs1)C(=O)C1CCCC1. The van der Waals surface area contributed by atoms with Gasteiger partial charge in [-0.3, -0.25) is 4.79 Å². The van der Waals surface area contributed by atoms with Crippen molar-refractivity contribution in [2.75, 3.05) is 0 Å². The van der Waals surface area contributed by atoms with Crippen molar-refractivity contribution in [3.8, 4) is 5.75 Å². The molecule has 1 heterocycles. The van der Waals surface area contributed by atoms with Gasteiger partial charge in [-0.15, -0.1) is 11.3 Å². The predicted octanol–water partition coefficient (Wildman–Crippen LogP) is 4.80. The molecule has 1 N–H and O–H groups in total. The molecule has 152 valence electrons. The zero-order valence-electron chi connectivity index (χ0n) is 16.4. The Kier molecular flexibility index (Phi) is 7.32. The molecule has 0 spiro atoms. The number of rotatable bonds is 8. The summed E-state index contributed by atoms with van der Waals surface area (Å²) in [5, 5.41) is 12.4. The van der Waals surface area contributed by atoms with E-state index in [-0.39, 0.29) is 24.5 Å². The van der Waals surface area contributed by atoms with Crippen LogP contribution in [0.25, 0.3) is 0 Å². The molecule has 0 aliphatic heterocycles. The lowest BCUT2D eigenvalue weighted by Gasteiger charge is -2.30. The van der Waals surface area contributed by atoms with E-state index < -0.39 is 0 Å². The summed E-state index contributed by atoms with van der Waals surface area (Å²) in [5.41, 5.74) is 1.54. The second-order valence-corrected chi connectivity index (χ2v) is 8.85. The first-order valence-corrected chi connectivity index (χ1v) is 11.0. The third kappa shape index (κ3) is 5.25. The Morgan fingerprint density at radius 3 is 2.79 bits per heavy atom. The Morgan fingerprint density at radius 2 is 2.14 bits per heavy atom. The molecule has 2 aromatic rings. The fourth-order valence-electron chi connectivity index (χ4n) is 3.55. The van der Waals surface area contributed by atoms with E-state index >= 15 is 0 Å². The minimum atomic E-state index is -0.0741. The van der Waals surface area contributed by atoms with Crippen LogP contribution in [0.5, 0.6) is 5.75 Å². The second-order valence-electron chi connectivity index (χ2n) is 7.47. The highest BCUT2D eigenvalue weighted by Gasteiger charge is 2.29. The highest BCUT2D eigenvalue weighted by molar-refractivity contribution is 7.09. The van der Waals surface area contributed by atoms with Gasteiger partial charge in [0.2, 0.25) is 5.91 Å². The Morgan fingerprint density at radius 1 is 1.39 bits per heavy atom. The van der Waals surface area contributed by atoms with Gasteiger partial charge >= 0.3 is 0 Å². The molecule has 0 bridgehead atoms. The number of nitrogens with zero attached hydrogens (tertiary/aromatic N) is 2. The minimum Gasteiger partial charge on any atom is -0.486 e. The summed E-state index contributed by atoms with van der Waals surface area (Å²) >= 11 is 7.68. The number of hydrogen-bond acceptors (Lipinski definition) is 5. The van der Waals surface area contributed by atoms with E-state index in [1.54, 1.807) is 6.07 Å². The molecule has 1 aromatic heterocycles. The Labute approximate surface area is 175 Å². The summed E-state index contributed by atoms with van der Waals surface area (Å²) in [6.07, 6.45) is 4.24. The molecule has 0 unspecified atom stereocenters.